The molecular weight excluding hydrogens is 376 g/mol. The highest BCUT2D eigenvalue weighted by Gasteiger charge is 2.25. The van der Waals surface area contributed by atoms with Crippen LogP contribution in [0.2, 0.25) is 0 Å². The van der Waals surface area contributed by atoms with E-state index in [-0.39, 0.29) is 17.2 Å². The van der Waals surface area contributed by atoms with Crippen LogP contribution < -0.4 is 11.5 Å². The highest BCUT2D eigenvalue weighted by Crippen LogP contribution is 2.43. The number of pyridine rings is 1. The molecular formula is C20H14N4OS2. The molecule has 0 aliphatic rings. The van der Waals surface area contributed by atoms with E-state index in [2.05, 4.69) is 11.1 Å². The number of rotatable bonds is 3. The van der Waals surface area contributed by atoms with Crippen LogP contribution in [0.25, 0.3) is 21.3 Å². The van der Waals surface area contributed by atoms with Crippen LogP contribution in [0.4, 0.5) is 11.5 Å². The van der Waals surface area contributed by atoms with Gasteiger partial charge >= 0.3 is 0 Å². The van der Waals surface area contributed by atoms with Gasteiger partial charge in [0.25, 0.3) is 0 Å². The van der Waals surface area contributed by atoms with Crippen molar-refractivity contribution in [3.63, 3.8) is 0 Å². The van der Waals surface area contributed by atoms with Crippen LogP contribution in [0.5, 0.6) is 0 Å². The molecule has 4 aromatic rings. The Morgan fingerprint density at radius 3 is 2.56 bits per heavy atom. The molecule has 1 aromatic carbocycles. The second kappa shape index (κ2) is 6.50. The summed E-state index contributed by atoms with van der Waals surface area (Å²) in [4.78, 5) is 18.8. The standard InChI is InChI=1S/C20H14N4OS2/c1-10-4-6-11(7-5-10)14-12(9-21)19(23)24-20-15(14)16(22)18(27-20)17(25)13-3-2-8-26-13/h2-8H,22H2,1H3,(H2,23,24). The summed E-state index contributed by atoms with van der Waals surface area (Å²) in [6, 6.07) is 13.5. The molecule has 0 saturated heterocycles. The number of carbonyl (C=O) groups excluding carboxylic acids is 1. The molecule has 27 heavy (non-hydrogen) atoms. The smallest absolute Gasteiger partial charge is 0.215 e. The van der Waals surface area contributed by atoms with Crippen LogP contribution >= 0.6 is 22.7 Å². The van der Waals surface area contributed by atoms with Crippen LogP contribution in [-0.4, -0.2) is 10.8 Å². The zero-order valence-corrected chi connectivity index (χ0v) is 15.9. The number of nitrogens with two attached hydrogens (primary N) is 2. The van der Waals surface area contributed by atoms with Crippen molar-refractivity contribution in [2.24, 2.45) is 0 Å². The number of nitrogen functional groups attached to an aromatic ring is 2. The van der Waals surface area contributed by atoms with Crippen molar-refractivity contribution in [2.45, 2.75) is 6.92 Å². The number of hydrogen-bond donors (Lipinski definition) is 2. The molecule has 3 aromatic heterocycles. The lowest BCUT2D eigenvalue weighted by atomic mass is 9.96. The monoisotopic (exact) mass is 390 g/mol. The molecule has 0 bridgehead atoms. The number of aryl methyl sites for hydroxylation is 1. The highest BCUT2D eigenvalue weighted by molar-refractivity contribution is 7.22. The van der Waals surface area contributed by atoms with E-state index in [9.17, 15) is 10.1 Å². The summed E-state index contributed by atoms with van der Waals surface area (Å²) in [7, 11) is 0. The maximum absolute atomic E-state index is 12.8. The number of ketones is 1. The first-order chi connectivity index (χ1) is 13.0. The molecule has 3 heterocycles. The van der Waals surface area contributed by atoms with Crippen molar-refractivity contribution in [3.8, 4) is 17.2 Å². The first kappa shape index (κ1) is 17.2. The summed E-state index contributed by atoms with van der Waals surface area (Å²) in [5.74, 6) is -0.00520. The minimum Gasteiger partial charge on any atom is -0.397 e. The highest BCUT2D eigenvalue weighted by atomic mass is 32.1. The van der Waals surface area contributed by atoms with E-state index < -0.39 is 0 Å². The summed E-state index contributed by atoms with van der Waals surface area (Å²) in [6.07, 6.45) is 0. The van der Waals surface area contributed by atoms with Crippen LogP contribution in [-0.2, 0) is 0 Å². The summed E-state index contributed by atoms with van der Waals surface area (Å²) in [6.45, 7) is 1.99. The third-order valence-electron chi connectivity index (χ3n) is 4.31. The van der Waals surface area contributed by atoms with Crippen molar-refractivity contribution in [1.29, 1.82) is 5.26 Å². The third kappa shape index (κ3) is 2.76. The number of nitriles is 1. The van der Waals surface area contributed by atoms with Gasteiger partial charge in [-0.25, -0.2) is 4.98 Å². The lowest BCUT2D eigenvalue weighted by Crippen LogP contribution is -2.01. The Hall–Kier alpha value is -3.21. The predicted molar refractivity (Wildman–Crippen MR) is 111 cm³/mol. The number of thiophene rings is 2. The molecule has 132 valence electrons. The van der Waals surface area contributed by atoms with E-state index in [0.717, 1.165) is 11.1 Å². The molecule has 5 nitrogen and oxygen atoms in total. The van der Waals surface area contributed by atoms with Gasteiger partial charge in [-0.15, -0.1) is 22.7 Å². The Bertz CT molecular complexity index is 1220. The molecule has 0 saturated carbocycles. The van der Waals surface area contributed by atoms with Crippen molar-refractivity contribution in [1.82, 2.24) is 4.98 Å². The molecule has 0 radical (unpaired) electrons. The van der Waals surface area contributed by atoms with Crippen LogP contribution in [0.3, 0.4) is 0 Å². The molecule has 7 heteroatoms. The number of fused-ring (bicyclic) bond motifs is 1. The Morgan fingerprint density at radius 1 is 1.19 bits per heavy atom. The fourth-order valence-electron chi connectivity index (χ4n) is 2.98. The van der Waals surface area contributed by atoms with E-state index in [1.807, 2.05) is 42.6 Å². The number of aromatic nitrogens is 1. The number of hydrogen-bond acceptors (Lipinski definition) is 7. The van der Waals surface area contributed by atoms with Gasteiger partial charge < -0.3 is 11.5 Å². The Kier molecular flexibility index (Phi) is 4.15. The van der Waals surface area contributed by atoms with E-state index in [1.165, 1.54) is 22.7 Å². The van der Waals surface area contributed by atoms with E-state index in [0.29, 0.717) is 31.2 Å². The maximum Gasteiger partial charge on any atom is 0.215 e. The van der Waals surface area contributed by atoms with Gasteiger partial charge in [0.2, 0.25) is 5.78 Å². The van der Waals surface area contributed by atoms with Crippen molar-refractivity contribution < 1.29 is 4.79 Å². The van der Waals surface area contributed by atoms with Crippen LogP contribution in [0, 0.1) is 18.3 Å². The zero-order valence-electron chi connectivity index (χ0n) is 14.3. The van der Waals surface area contributed by atoms with Gasteiger partial charge in [-0.1, -0.05) is 35.9 Å². The van der Waals surface area contributed by atoms with Crippen LogP contribution in [0.1, 0.15) is 25.7 Å². The number of anilines is 2. The molecule has 4 N–H and O–H groups in total. The molecule has 0 spiro atoms. The molecule has 4 rings (SSSR count). The molecule has 0 aliphatic carbocycles. The van der Waals surface area contributed by atoms with Crippen molar-refractivity contribution >= 4 is 50.2 Å². The minimum atomic E-state index is -0.141. The molecule has 0 atom stereocenters. The zero-order chi connectivity index (χ0) is 19.1. The quantitative estimate of drug-likeness (QED) is 0.497. The average molecular weight is 390 g/mol. The van der Waals surface area contributed by atoms with E-state index >= 15 is 0 Å². The van der Waals surface area contributed by atoms with Gasteiger partial charge in [-0.2, -0.15) is 5.26 Å². The second-order valence-corrected chi connectivity index (χ2v) is 8.00. The van der Waals surface area contributed by atoms with Gasteiger partial charge in [-0.3, -0.25) is 4.79 Å². The largest absolute Gasteiger partial charge is 0.397 e. The van der Waals surface area contributed by atoms with Gasteiger partial charge in [0, 0.05) is 10.9 Å². The summed E-state index contributed by atoms with van der Waals surface area (Å²) < 4.78 is 0. The lowest BCUT2D eigenvalue weighted by molar-refractivity contribution is 0.104. The summed E-state index contributed by atoms with van der Waals surface area (Å²) >= 11 is 2.57. The minimum absolute atomic E-state index is 0.136. The van der Waals surface area contributed by atoms with Crippen molar-refractivity contribution in [3.05, 3.63) is 62.7 Å². The van der Waals surface area contributed by atoms with Gasteiger partial charge in [0.05, 0.1) is 10.6 Å². The van der Waals surface area contributed by atoms with Gasteiger partial charge in [-0.05, 0) is 23.9 Å². The Balaban J connectivity index is 2.05. The van der Waals surface area contributed by atoms with Crippen molar-refractivity contribution in [2.75, 3.05) is 11.5 Å². The van der Waals surface area contributed by atoms with Gasteiger partial charge in [0.1, 0.15) is 27.2 Å². The molecule has 0 unspecified atom stereocenters. The SMILES string of the molecule is Cc1ccc(-c2c(C#N)c(N)nc3sc(C(=O)c4cccs4)c(N)c23)cc1. The number of nitrogens with zero attached hydrogens (tertiary/aromatic N) is 2. The maximum atomic E-state index is 12.8. The predicted octanol–water partition coefficient (Wildman–Crippen LogP) is 4.60. The van der Waals surface area contributed by atoms with Gasteiger partial charge in [0.15, 0.2) is 0 Å². The second-order valence-electron chi connectivity index (χ2n) is 6.06. The number of carbonyl (C=O) groups is 1. The first-order valence-electron chi connectivity index (χ1n) is 8.08. The first-order valence-corrected chi connectivity index (χ1v) is 9.77. The van der Waals surface area contributed by atoms with E-state index in [4.69, 9.17) is 11.5 Å². The lowest BCUT2D eigenvalue weighted by Gasteiger charge is -2.10. The van der Waals surface area contributed by atoms with E-state index in [1.54, 1.807) is 6.07 Å². The molecule has 0 amide bonds. The fourth-order valence-corrected chi connectivity index (χ4v) is 4.78. The summed E-state index contributed by atoms with van der Waals surface area (Å²) in [5, 5.41) is 12.1. The van der Waals surface area contributed by atoms with Crippen LogP contribution in [0.15, 0.2) is 41.8 Å². The molecule has 0 aliphatic heterocycles. The Morgan fingerprint density at radius 2 is 1.93 bits per heavy atom. The normalized spacial score (nSPS) is 10.8. The molecule has 0 fully saturated rings. The summed E-state index contributed by atoms with van der Waals surface area (Å²) in [5.41, 5.74) is 15.6. The number of benzene rings is 1. The average Bonchev–Trinajstić information content (AvgIpc) is 3.29. The fraction of sp³-hybridized carbons (Fsp3) is 0.0500. The third-order valence-corrected chi connectivity index (χ3v) is 6.27. The Labute approximate surface area is 163 Å². The topological polar surface area (TPSA) is 106 Å².